The minimum atomic E-state index is 0.195. The molecule has 2 aromatic heterocycles. The molecule has 0 bridgehead atoms. The molecule has 4 aromatic rings. The lowest BCUT2D eigenvalue weighted by atomic mass is 10.1. The smallest absolute Gasteiger partial charge is 0.123 e. The average Bonchev–Trinajstić information content (AvgIpc) is 3.36. The van der Waals surface area contributed by atoms with Gasteiger partial charge in [0.05, 0.1) is 11.7 Å². The van der Waals surface area contributed by atoms with Crippen LogP contribution in [0.25, 0.3) is 10.6 Å². The van der Waals surface area contributed by atoms with Gasteiger partial charge in [0.1, 0.15) is 5.01 Å². The van der Waals surface area contributed by atoms with Crippen LogP contribution >= 0.6 is 22.7 Å². The maximum atomic E-state index is 4.82. The van der Waals surface area contributed by atoms with Gasteiger partial charge in [-0.3, -0.25) is 5.32 Å². The molecule has 130 valence electrons. The molecule has 2 heterocycles. The first-order valence-electron chi connectivity index (χ1n) is 8.63. The maximum Gasteiger partial charge on any atom is 0.123 e. The molecule has 0 aliphatic rings. The van der Waals surface area contributed by atoms with Crippen molar-refractivity contribution in [3.63, 3.8) is 0 Å². The first-order chi connectivity index (χ1) is 12.8. The molecule has 0 saturated carbocycles. The summed E-state index contributed by atoms with van der Waals surface area (Å²) >= 11 is 3.49. The molecule has 0 saturated heterocycles. The number of hydrogen-bond acceptors (Lipinski definition) is 4. The van der Waals surface area contributed by atoms with E-state index in [4.69, 9.17) is 4.98 Å². The number of hydrogen-bond donors (Lipinski definition) is 1. The van der Waals surface area contributed by atoms with Crippen molar-refractivity contribution in [2.75, 3.05) is 0 Å². The molecule has 4 rings (SSSR count). The van der Waals surface area contributed by atoms with Crippen molar-refractivity contribution in [3.8, 4) is 10.6 Å². The Kier molecular flexibility index (Phi) is 5.25. The van der Waals surface area contributed by atoms with Gasteiger partial charge in [-0.25, -0.2) is 4.98 Å². The van der Waals surface area contributed by atoms with Crippen LogP contribution < -0.4 is 5.32 Å². The number of rotatable bonds is 6. The average molecular weight is 377 g/mol. The second-order valence-electron chi connectivity index (χ2n) is 6.25. The Labute approximate surface area is 162 Å². The first kappa shape index (κ1) is 17.2. The summed E-state index contributed by atoms with van der Waals surface area (Å²) < 4.78 is 0. The summed E-state index contributed by atoms with van der Waals surface area (Å²) in [5.41, 5.74) is 4.82. The van der Waals surface area contributed by atoms with E-state index in [1.54, 1.807) is 22.7 Å². The van der Waals surface area contributed by atoms with E-state index in [9.17, 15) is 0 Å². The third-order valence-electron chi connectivity index (χ3n) is 4.30. The SMILES string of the molecule is Cc1ccc(-c2nc(CN[C@H](c3ccccc3)c3cccs3)cs2)cc1. The Morgan fingerprint density at radius 3 is 2.46 bits per heavy atom. The molecule has 0 aliphatic heterocycles. The highest BCUT2D eigenvalue weighted by Crippen LogP contribution is 2.28. The fourth-order valence-electron chi connectivity index (χ4n) is 2.91. The normalized spacial score (nSPS) is 12.2. The summed E-state index contributed by atoms with van der Waals surface area (Å²) in [6.45, 7) is 2.86. The summed E-state index contributed by atoms with van der Waals surface area (Å²) in [6.07, 6.45) is 0. The van der Waals surface area contributed by atoms with Gasteiger partial charge in [0, 0.05) is 22.4 Å². The summed E-state index contributed by atoms with van der Waals surface area (Å²) in [5, 5.41) is 9.04. The molecule has 0 fully saturated rings. The molecular weight excluding hydrogens is 356 g/mol. The number of aromatic nitrogens is 1. The van der Waals surface area contributed by atoms with Crippen molar-refractivity contribution in [1.82, 2.24) is 10.3 Å². The van der Waals surface area contributed by atoms with Crippen LogP contribution in [0.3, 0.4) is 0 Å². The summed E-state index contributed by atoms with van der Waals surface area (Å²) in [7, 11) is 0. The van der Waals surface area contributed by atoms with Crippen molar-refractivity contribution < 1.29 is 0 Å². The zero-order valence-corrected chi connectivity index (χ0v) is 16.2. The van der Waals surface area contributed by atoms with Gasteiger partial charge in [-0.15, -0.1) is 22.7 Å². The Balaban J connectivity index is 1.51. The molecule has 1 atom stereocenters. The van der Waals surface area contributed by atoms with Crippen LogP contribution in [0.15, 0.2) is 77.5 Å². The van der Waals surface area contributed by atoms with E-state index >= 15 is 0 Å². The highest BCUT2D eigenvalue weighted by molar-refractivity contribution is 7.13. The Morgan fingerprint density at radius 1 is 0.923 bits per heavy atom. The van der Waals surface area contributed by atoms with E-state index in [0.717, 1.165) is 17.2 Å². The van der Waals surface area contributed by atoms with Crippen molar-refractivity contribution in [2.45, 2.75) is 19.5 Å². The summed E-state index contributed by atoms with van der Waals surface area (Å²) in [5.74, 6) is 0. The largest absolute Gasteiger partial charge is 0.300 e. The van der Waals surface area contributed by atoms with E-state index in [-0.39, 0.29) is 6.04 Å². The predicted octanol–water partition coefficient (Wildman–Crippen LogP) is 6.06. The summed E-state index contributed by atoms with van der Waals surface area (Å²) in [6, 6.07) is 23.6. The fraction of sp³-hybridized carbons (Fsp3) is 0.136. The lowest BCUT2D eigenvalue weighted by Crippen LogP contribution is -2.21. The number of thiophene rings is 1. The highest BCUT2D eigenvalue weighted by atomic mass is 32.1. The van der Waals surface area contributed by atoms with Crippen molar-refractivity contribution >= 4 is 22.7 Å². The van der Waals surface area contributed by atoms with E-state index in [1.807, 2.05) is 0 Å². The standard InChI is InChI=1S/C22H20N2S2/c1-16-9-11-18(12-10-16)22-24-19(15-26-22)14-23-21(20-8-5-13-25-20)17-6-3-2-4-7-17/h2-13,15,21,23H,14H2,1H3/t21-/m1/s1. The van der Waals surface area contributed by atoms with Gasteiger partial charge in [0.15, 0.2) is 0 Å². The molecule has 2 nitrogen and oxygen atoms in total. The quantitative estimate of drug-likeness (QED) is 0.442. The molecule has 1 N–H and O–H groups in total. The van der Waals surface area contributed by atoms with Crippen LogP contribution in [0.1, 0.15) is 27.7 Å². The fourth-order valence-corrected chi connectivity index (χ4v) is 4.56. The first-order valence-corrected chi connectivity index (χ1v) is 10.4. The van der Waals surface area contributed by atoms with Gasteiger partial charge in [-0.2, -0.15) is 0 Å². The van der Waals surface area contributed by atoms with Crippen molar-refractivity contribution in [2.24, 2.45) is 0 Å². The van der Waals surface area contributed by atoms with Gasteiger partial charge in [-0.05, 0) is 23.9 Å². The Hall–Kier alpha value is -2.27. The molecule has 0 spiro atoms. The molecule has 4 heteroatoms. The zero-order chi connectivity index (χ0) is 17.8. The topological polar surface area (TPSA) is 24.9 Å². The van der Waals surface area contributed by atoms with Crippen LogP contribution in [0.5, 0.6) is 0 Å². The molecule has 0 aliphatic carbocycles. The van der Waals surface area contributed by atoms with E-state index < -0.39 is 0 Å². The van der Waals surface area contributed by atoms with Crippen LogP contribution in [0, 0.1) is 6.92 Å². The van der Waals surface area contributed by atoms with Crippen LogP contribution in [0.2, 0.25) is 0 Å². The molecular formula is C22H20N2S2. The number of nitrogens with one attached hydrogen (secondary N) is 1. The lowest BCUT2D eigenvalue weighted by Gasteiger charge is -2.17. The third-order valence-corrected chi connectivity index (χ3v) is 6.18. The second-order valence-corrected chi connectivity index (χ2v) is 8.09. The maximum absolute atomic E-state index is 4.82. The van der Waals surface area contributed by atoms with Gasteiger partial charge in [-0.1, -0.05) is 66.2 Å². The number of thiazole rings is 1. The van der Waals surface area contributed by atoms with Gasteiger partial charge < -0.3 is 0 Å². The van der Waals surface area contributed by atoms with Crippen molar-refractivity contribution in [1.29, 1.82) is 0 Å². The monoisotopic (exact) mass is 376 g/mol. The number of aryl methyl sites for hydroxylation is 1. The van der Waals surface area contributed by atoms with Gasteiger partial charge in [0.2, 0.25) is 0 Å². The zero-order valence-electron chi connectivity index (χ0n) is 14.6. The van der Waals surface area contributed by atoms with Crippen LogP contribution in [-0.4, -0.2) is 4.98 Å². The van der Waals surface area contributed by atoms with Crippen molar-refractivity contribution in [3.05, 3.63) is 99.2 Å². The van der Waals surface area contributed by atoms with E-state index in [0.29, 0.717) is 0 Å². The molecule has 0 radical (unpaired) electrons. The molecule has 2 aromatic carbocycles. The van der Waals surface area contributed by atoms with Crippen LogP contribution in [-0.2, 0) is 6.54 Å². The Bertz CT molecular complexity index is 942. The third kappa shape index (κ3) is 3.93. The lowest BCUT2D eigenvalue weighted by molar-refractivity contribution is 0.606. The van der Waals surface area contributed by atoms with Gasteiger partial charge in [0.25, 0.3) is 0 Å². The van der Waals surface area contributed by atoms with E-state index in [1.165, 1.54) is 21.6 Å². The highest BCUT2D eigenvalue weighted by Gasteiger charge is 2.15. The van der Waals surface area contributed by atoms with E-state index in [2.05, 4.69) is 89.7 Å². The molecule has 26 heavy (non-hydrogen) atoms. The number of benzene rings is 2. The Morgan fingerprint density at radius 2 is 1.73 bits per heavy atom. The second kappa shape index (κ2) is 7.96. The minimum absolute atomic E-state index is 0.195. The number of nitrogens with zero attached hydrogens (tertiary/aromatic N) is 1. The molecule has 0 unspecified atom stereocenters. The van der Waals surface area contributed by atoms with Crippen LogP contribution in [0.4, 0.5) is 0 Å². The minimum Gasteiger partial charge on any atom is -0.300 e. The van der Waals surface area contributed by atoms with Gasteiger partial charge >= 0.3 is 0 Å². The summed E-state index contributed by atoms with van der Waals surface area (Å²) in [4.78, 5) is 6.14. The predicted molar refractivity (Wildman–Crippen MR) is 112 cm³/mol. The molecule has 0 amide bonds.